The van der Waals surface area contributed by atoms with Crippen LogP contribution < -0.4 is 14.8 Å². The van der Waals surface area contributed by atoms with Crippen LogP contribution >= 0.6 is 0 Å². The Morgan fingerprint density at radius 3 is 2.28 bits per heavy atom. The van der Waals surface area contributed by atoms with Gasteiger partial charge in [-0.3, -0.25) is 14.5 Å². The highest BCUT2D eigenvalue weighted by atomic mass is 19.1. The second-order valence-electron chi connectivity index (χ2n) is 8.43. The van der Waals surface area contributed by atoms with E-state index in [0.717, 1.165) is 38.5 Å². The van der Waals surface area contributed by atoms with Crippen LogP contribution in [0, 0.1) is 5.82 Å². The number of hydrogen-bond acceptors (Lipinski definition) is 5. The van der Waals surface area contributed by atoms with Crippen LogP contribution in [-0.2, 0) is 9.59 Å². The van der Waals surface area contributed by atoms with Crippen LogP contribution in [0.1, 0.15) is 50.5 Å². The van der Waals surface area contributed by atoms with Crippen LogP contribution in [-0.4, -0.2) is 29.5 Å². The van der Waals surface area contributed by atoms with E-state index in [1.807, 2.05) is 0 Å². The zero-order valence-corrected chi connectivity index (χ0v) is 17.7. The minimum Gasteiger partial charge on any atom is -0.454 e. The van der Waals surface area contributed by atoms with Gasteiger partial charge < -0.3 is 14.8 Å². The zero-order chi connectivity index (χ0) is 22.1. The van der Waals surface area contributed by atoms with E-state index in [9.17, 15) is 14.0 Å². The Kier molecular flexibility index (Phi) is 5.55. The fraction of sp³-hybridized carbons (Fsp3) is 0.360. The quantitative estimate of drug-likeness (QED) is 0.694. The first kappa shape index (κ1) is 20.5. The molecule has 1 N–H and O–H groups in total. The van der Waals surface area contributed by atoms with Gasteiger partial charge in [0.1, 0.15) is 11.5 Å². The second-order valence-corrected chi connectivity index (χ2v) is 8.43. The molecule has 32 heavy (non-hydrogen) atoms. The number of rotatable bonds is 4. The first-order chi connectivity index (χ1) is 15.6. The number of fused-ring (bicyclic) bond motifs is 1. The number of imide groups is 1. The van der Waals surface area contributed by atoms with Crippen molar-refractivity contribution in [3.8, 4) is 11.5 Å². The number of anilines is 1. The van der Waals surface area contributed by atoms with Gasteiger partial charge in [0.25, 0.3) is 11.8 Å². The topological polar surface area (TPSA) is 67.9 Å². The third-order valence-corrected chi connectivity index (χ3v) is 6.33. The van der Waals surface area contributed by atoms with E-state index < -0.39 is 5.82 Å². The molecule has 7 heteroatoms. The largest absolute Gasteiger partial charge is 0.454 e. The molecule has 0 unspecified atom stereocenters. The number of carbonyl (C=O) groups excluding carboxylic acids is 2. The third kappa shape index (κ3) is 3.83. The Labute approximate surface area is 186 Å². The van der Waals surface area contributed by atoms with Crippen LogP contribution in [0.2, 0.25) is 0 Å². The second kappa shape index (κ2) is 8.65. The lowest BCUT2D eigenvalue weighted by Gasteiger charge is -2.28. The van der Waals surface area contributed by atoms with Gasteiger partial charge in [-0.2, -0.15) is 0 Å². The van der Waals surface area contributed by atoms with Crippen LogP contribution in [0.25, 0.3) is 5.57 Å². The molecule has 0 atom stereocenters. The number of halogens is 1. The summed E-state index contributed by atoms with van der Waals surface area (Å²) in [6, 6.07) is 10.8. The van der Waals surface area contributed by atoms with Gasteiger partial charge in [0.05, 0.1) is 5.57 Å². The fourth-order valence-electron chi connectivity index (χ4n) is 4.69. The first-order valence-corrected chi connectivity index (χ1v) is 11.2. The van der Waals surface area contributed by atoms with Crippen molar-refractivity contribution >= 4 is 23.1 Å². The van der Waals surface area contributed by atoms with Gasteiger partial charge in [0.2, 0.25) is 6.79 Å². The third-order valence-electron chi connectivity index (χ3n) is 6.33. The van der Waals surface area contributed by atoms with E-state index in [-0.39, 0.29) is 35.9 Å². The van der Waals surface area contributed by atoms with Gasteiger partial charge >= 0.3 is 0 Å². The summed E-state index contributed by atoms with van der Waals surface area (Å²) in [5.74, 6) is 0.155. The van der Waals surface area contributed by atoms with E-state index in [1.54, 1.807) is 30.3 Å². The lowest BCUT2D eigenvalue weighted by molar-refractivity contribution is -0.140. The molecule has 1 aliphatic carbocycles. The average molecular weight is 436 g/mol. The molecule has 0 bridgehead atoms. The first-order valence-electron chi connectivity index (χ1n) is 11.2. The van der Waals surface area contributed by atoms with Gasteiger partial charge in [-0.25, -0.2) is 4.39 Å². The summed E-state index contributed by atoms with van der Waals surface area (Å²) < 4.78 is 24.3. The van der Waals surface area contributed by atoms with Crippen molar-refractivity contribution in [1.29, 1.82) is 0 Å². The van der Waals surface area contributed by atoms with E-state index in [1.165, 1.54) is 23.5 Å². The molecule has 2 amide bonds. The lowest BCUT2D eigenvalue weighted by Crippen LogP contribution is -2.42. The molecule has 0 saturated heterocycles. The Morgan fingerprint density at radius 2 is 1.53 bits per heavy atom. The van der Waals surface area contributed by atoms with Gasteiger partial charge in [-0.1, -0.05) is 44.2 Å². The van der Waals surface area contributed by atoms with Gasteiger partial charge in [-0.05, 0) is 42.7 Å². The number of benzene rings is 2. The van der Waals surface area contributed by atoms with Crippen LogP contribution in [0.4, 0.5) is 10.1 Å². The van der Waals surface area contributed by atoms with Crippen molar-refractivity contribution in [2.45, 2.75) is 51.0 Å². The predicted octanol–water partition coefficient (Wildman–Crippen LogP) is 4.86. The molecular weight excluding hydrogens is 411 g/mol. The summed E-state index contributed by atoms with van der Waals surface area (Å²) in [5, 5.41) is 3.15. The molecule has 2 aromatic rings. The fourth-order valence-corrected chi connectivity index (χ4v) is 4.69. The Balaban J connectivity index is 1.51. The standard InChI is InChI=1S/C25H25FN2O4/c26-17-10-8-16(9-11-17)22-23(27-18-12-13-20-21(14-18)32-15-31-20)25(30)28(24(22)29)19-6-4-2-1-3-5-7-19/h8-14,19,27H,1-7,15H2. The van der Waals surface area contributed by atoms with Crippen molar-refractivity contribution in [2.75, 3.05) is 12.1 Å². The normalized spacial score (nSPS) is 19.3. The number of amides is 2. The number of nitrogens with one attached hydrogen (secondary N) is 1. The van der Waals surface area contributed by atoms with Crippen molar-refractivity contribution in [2.24, 2.45) is 0 Å². The summed E-state index contributed by atoms with van der Waals surface area (Å²) in [6.07, 6.45) is 7.05. The van der Waals surface area contributed by atoms with Gasteiger partial charge in [0, 0.05) is 17.8 Å². The summed E-state index contributed by atoms with van der Waals surface area (Å²) in [4.78, 5) is 28.5. The summed E-state index contributed by atoms with van der Waals surface area (Å²) >= 11 is 0. The highest BCUT2D eigenvalue weighted by Gasteiger charge is 2.42. The maximum Gasteiger partial charge on any atom is 0.278 e. The molecule has 1 fully saturated rings. The molecule has 1 saturated carbocycles. The number of ether oxygens (including phenoxy) is 2. The molecule has 5 rings (SSSR count). The van der Waals surface area contributed by atoms with Crippen molar-refractivity contribution in [3.63, 3.8) is 0 Å². The molecule has 166 valence electrons. The van der Waals surface area contributed by atoms with E-state index in [4.69, 9.17) is 9.47 Å². The summed E-state index contributed by atoms with van der Waals surface area (Å²) in [6.45, 7) is 0.148. The molecule has 0 spiro atoms. The highest BCUT2D eigenvalue weighted by molar-refractivity contribution is 6.36. The molecule has 0 radical (unpaired) electrons. The summed E-state index contributed by atoms with van der Waals surface area (Å²) in [7, 11) is 0. The van der Waals surface area contributed by atoms with Crippen molar-refractivity contribution in [3.05, 3.63) is 59.5 Å². The molecule has 0 aromatic heterocycles. The SMILES string of the molecule is O=C1C(Nc2ccc3c(c2)OCO3)=C(c2ccc(F)cc2)C(=O)N1C1CCCCCCC1. The lowest BCUT2D eigenvalue weighted by atomic mass is 9.95. The number of nitrogens with zero attached hydrogens (tertiary/aromatic N) is 1. The zero-order valence-electron chi connectivity index (χ0n) is 17.7. The number of hydrogen-bond donors (Lipinski definition) is 1. The van der Waals surface area contributed by atoms with Crippen LogP contribution in [0.3, 0.4) is 0 Å². The summed E-state index contributed by atoms with van der Waals surface area (Å²) in [5.41, 5.74) is 1.61. The van der Waals surface area contributed by atoms with Gasteiger partial charge in [0.15, 0.2) is 11.5 Å². The molecular formula is C25H25FN2O4. The minimum absolute atomic E-state index is 0.123. The van der Waals surface area contributed by atoms with Crippen LogP contribution in [0.5, 0.6) is 11.5 Å². The van der Waals surface area contributed by atoms with E-state index in [0.29, 0.717) is 22.7 Å². The molecule has 3 aliphatic rings. The number of carbonyl (C=O) groups is 2. The monoisotopic (exact) mass is 436 g/mol. The van der Waals surface area contributed by atoms with Crippen LogP contribution in [0.15, 0.2) is 48.2 Å². The average Bonchev–Trinajstić information content (AvgIpc) is 3.32. The predicted molar refractivity (Wildman–Crippen MR) is 117 cm³/mol. The molecule has 2 heterocycles. The Hall–Kier alpha value is -3.35. The maximum absolute atomic E-state index is 13.6. The van der Waals surface area contributed by atoms with E-state index >= 15 is 0 Å². The maximum atomic E-state index is 13.6. The highest BCUT2D eigenvalue weighted by Crippen LogP contribution is 2.38. The molecule has 6 nitrogen and oxygen atoms in total. The molecule has 2 aliphatic heterocycles. The van der Waals surface area contributed by atoms with E-state index in [2.05, 4.69) is 5.32 Å². The van der Waals surface area contributed by atoms with Crippen molar-refractivity contribution < 1.29 is 23.5 Å². The van der Waals surface area contributed by atoms with Gasteiger partial charge in [-0.15, -0.1) is 0 Å². The molecule has 2 aromatic carbocycles. The minimum atomic E-state index is -0.395. The Bertz CT molecular complexity index is 1070. The smallest absolute Gasteiger partial charge is 0.278 e. The van der Waals surface area contributed by atoms with Crippen molar-refractivity contribution in [1.82, 2.24) is 4.90 Å². The Morgan fingerprint density at radius 1 is 0.844 bits per heavy atom.